The summed E-state index contributed by atoms with van der Waals surface area (Å²) in [6.45, 7) is 0.375. The van der Waals surface area contributed by atoms with Gasteiger partial charge in [0, 0.05) is 11.6 Å². The number of carbonyl (C=O) groups excluding carboxylic acids is 1. The minimum absolute atomic E-state index is 0.0221. The van der Waals surface area contributed by atoms with Crippen molar-refractivity contribution in [3.8, 4) is 0 Å². The number of amidine groups is 1. The van der Waals surface area contributed by atoms with Crippen LogP contribution < -0.4 is 11.1 Å². The van der Waals surface area contributed by atoms with E-state index in [1.54, 1.807) is 12.1 Å². The molecule has 0 aromatic heterocycles. The first-order valence-corrected chi connectivity index (χ1v) is 5.97. The third kappa shape index (κ3) is 2.41. The number of benzene rings is 1. The fourth-order valence-electron chi connectivity index (χ4n) is 1.82. The number of halogens is 1. The highest BCUT2D eigenvalue weighted by molar-refractivity contribution is 6.30. The Labute approximate surface area is 110 Å². The fraction of sp³-hybridized carbons (Fsp3) is 0.333. The first-order chi connectivity index (χ1) is 8.58. The van der Waals surface area contributed by atoms with Crippen molar-refractivity contribution in [1.82, 2.24) is 5.32 Å². The van der Waals surface area contributed by atoms with Gasteiger partial charge < -0.3 is 16.3 Å². The molecule has 0 heterocycles. The Morgan fingerprint density at radius 2 is 2.28 bits per heavy atom. The van der Waals surface area contributed by atoms with Crippen molar-refractivity contribution >= 4 is 23.3 Å². The van der Waals surface area contributed by atoms with Gasteiger partial charge >= 0.3 is 0 Å². The third-order valence-electron chi connectivity index (χ3n) is 3.12. The number of amides is 1. The summed E-state index contributed by atoms with van der Waals surface area (Å²) in [7, 11) is 0. The van der Waals surface area contributed by atoms with Crippen molar-refractivity contribution in [3.05, 3.63) is 34.9 Å². The monoisotopic (exact) mass is 267 g/mol. The Morgan fingerprint density at radius 1 is 1.56 bits per heavy atom. The minimum Gasteiger partial charge on any atom is -0.409 e. The molecule has 1 amide bonds. The van der Waals surface area contributed by atoms with Crippen LogP contribution in [0.25, 0.3) is 0 Å². The number of nitrogens with one attached hydrogen (secondary N) is 1. The molecule has 2 rings (SSSR count). The van der Waals surface area contributed by atoms with Crippen molar-refractivity contribution in [2.24, 2.45) is 16.3 Å². The average Bonchev–Trinajstić information content (AvgIpc) is 3.16. The van der Waals surface area contributed by atoms with Crippen LogP contribution in [0.1, 0.15) is 18.4 Å². The van der Waals surface area contributed by atoms with E-state index in [-0.39, 0.29) is 11.7 Å². The molecular formula is C12H14ClN3O2. The largest absolute Gasteiger partial charge is 0.409 e. The Balaban J connectivity index is 1.97. The van der Waals surface area contributed by atoms with Crippen molar-refractivity contribution in [3.63, 3.8) is 0 Å². The smallest absolute Gasteiger partial charge is 0.234 e. The van der Waals surface area contributed by atoms with Gasteiger partial charge in [-0.3, -0.25) is 4.79 Å². The maximum Gasteiger partial charge on any atom is 0.234 e. The maximum absolute atomic E-state index is 12.0. The van der Waals surface area contributed by atoms with E-state index in [2.05, 4.69) is 10.5 Å². The Kier molecular flexibility index (Phi) is 3.43. The number of nitrogens with zero attached hydrogens (tertiary/aromatic N) is 1. The van der Waals surface area contributed by atoms with Crippen LogP contribution in [0.5, 0.6) is 0 Å². The molecule has 0 bridgehead atoms. The number of oxime groups is 1. The predicted octanol–water partition coefficient (Wildman–Crippen LogP) is 1.48. The molecule has 1 aromatic rings. The molecule has 1 aromatic carbocycles. The van der Waals surface area contributed by atoms with Crippen LogP contribution in [0.3, 0.4) is 0 Å². The highest BCUT2D eigenvalue weighted by Crippen LogP contribution is 2.46. The van der Waals surface area contributed by atoms with E-state index >= 15 is 0 Å². The van der Waals surface area contributed by atoms with Crippen LogP contribution in [0.2, 0.25) is 5.02 Å². The molecule has 1 aliphatic rings. The first kappa shape index (κ1) is 12.7. The van der Waals surface area contributed by atoms with Crippen molar-refractivity contribution in [2.45, 2.75) is 19.4 Å². The second-order valence-corrected chi connectivity index (χ2v) is 4.82. The second-order valence-electron chi connectivity index (χ2n) is 4.38. The summed E-state index contributed by atoms with van der Waals surface area (Å²) in [6, 6.07) is 7.24. The van der Waals surface area contributed by atoms with E-state index in [1.165, 1.54) is 0 Å². The van der Waals surface area contributed by atoms with Crippen molar-refractivity contribution in [1.29, 1.82) is 0 Å². The number of carbonyl (C=O) groups is 1. The maximum atomic E-state index is 12.0. The SMILES string of the molecule is N/C(=N/O)C1(C(=O)NCc2cccc(Cl)c2)CC1. The number of hydrogen-bond donors (Lipinski definition) is 3. The van der Waals surface area contributed by atoms with Crippen molar-refractivity contribution in [2.75, 3.05) is 0 Å². The molecule has 1 saturated carbocycles. The Morgan fingerprint density at radius 3 is 2.83 bits per heavy atom. The normalized spacial score (nSPS) is 17.3. The van der Waals surface area contributed by atoms with Crippen LogP contribution in [-0.2, 0) is 11.3 Å². The third-order valence-corrected chi connectivity index (χ3v) is 3.36. The molecular weight excluding hydrogens is 254 g/mol. The Bertz CT molecular complexity index is 498. The molecule has 4 N–H and O–H groups in total. The topological polar surface area (TPSA) is 87.7 Å². The highest BCUT2D eigenvalue weighted by Gasteiger charge is 2.54. The standard InChI is InChI=1S/C12H14ClN3O2/c13-9-3-1-2-8(6-9)7-15-11(17)12(4-5-12)10(14)16-18/h1-3,6,18H,4-5,7H2,(H2,14,16)(H,15,17). The van der Waals surface area contributed by atoms with Gasteiger partial charge in [-0.15, -0.1) is 0 Å². The molecule has 6 heteroatoms. The molecule has 1 aliphatic carbocycles. The molecule has 5 nitrogen and oxygen atoms in total. The molecule has 0 saturated heterocycles. The quantitative estimate of drug-likeness (QED) is 0.334. The number of hydrogen-bond acceptors (Lipinski definition) is 3. The summed E-state index contributed by atoms with van der Waals surface area (Å²) in [5.74, 6) is -0.233. The van der Waals surface area contributed by atoms with E-state index in [4.69, 9.17) is 22.5 Å². The van der Waals surface area contributed by atoms with Gasteiger partial charge in [-0.2, -0.15) is 0 Å². The van der Waals surface area contributed by atoms with E-state index in [0.29, 0.717) is 24.4 Å². The molecule has 18 heavy (non-hydrogen) atoms. The lowest BCUT2D eigenvalue weighted by Gasteiger charge is -2.13. The van der Waals surface area contributed by atoms with Gasteiger partial charge in [-0.05, 0) is 30.5 Å². The highest BCUT2D eigenvalue weighted by atomic mass is 35.5. The zero-order valence-electron chi connectivity index (χ0n) is 9.69. The lowest BCUT2D eigenvalue weighted by Crippen LogP contribution is -2.40. The Hall–Kier alpha value is -1.75. The van der Waals surface area contributed by atoms with E-state index in [0.717, 1.165) is 5.56 Å². The van der Waals surface area contributed by atoms with Crippen LogP contribution in [0.4, 0.5) is 0 Å². The number of rotatable bonds is 4. The fourth-order valence-corrected chi connectivity index (χ4v) is 2.03. The molecule has 96 valence electrons. The number of nitrogens with two attached hydrogens (primary N) is 1. The van der Waals surface area contributed by atoms with Gasteiger partial charge in [-0.1, -0.05) is 28.9 Å². The minimum atomic E-state index is -0.812. The van der Waals surface area contributed by atoms with Gasteiger partial charge in [0.1, 0.15) is 5.41 Å². The van der Waals surface area contributed by atoms with Gasteiger partial charge in [0.25, 0.3) is 0 Å². The van der Waals surface area contributed by atoms with Gasteiger partial charge in [-0.25, -0.2) is 0 Å². The molecule has 0 unspecified atom stereocenters. The summed E-state index contributed by atoms with van der Waals surface area (Å²) >= 11 is 5.85. The lowest BCUT2D eigenvalue weighted by atomic mass is 10.1. The van der Waals surface area contributed by atoms with E-state index < -0.39 is 5.41 Å². The second kappa shape index (κ2) is 4.86. The summed E-state index contributed by atoms with van der Waals surface area (Å²) in [5.41, 5.74) is 5.62. The first-order valence-electron chi connectivity index (χ1n) is 5.59. The van der Waals surface area contributed by atoms with Crippen LogP contribution in [-0.4, -0.2) is 17.0 Å². The van der Waals surface area contributed by atoms with E-state index in [9.17, 15) is 4.79 Å². The summed E-state index contributed by atoms with van der Waals surface area (Å²) in [6.07, 6.45) is 1.23. The summed E-state index contributed by atoms with van der Waals surface area (Å²) in [4.78, 5) is 12.0. The van der Waals surface area contributed by atoms with Gasteiger partial charge in [0.05, 0.1) is 0 Å². The molecule has 0 radical (unpaired) electrons. The van der Waals surface area contributed by atoms with Crippen molar-refractivity contribution < 1.29 is 10.0 Å². The van der Waals surface area contributed by atoms with Crippen LogP contribution in [0.15, 0.2) is 29.4 Å². The van der Waals surface area contributed by atoms with Crippen LogP contribution in [0, 0.1) is 5.41 Å². The van der Waals surface area contributed by atoms with Gasteiger partial charge in [0.15, 0.2) is 5.84 Å². The zero-order chi connectivity index (χ0) is 13.2. The average molecular weight is 268 g/mol. The molecule has 1 fully saturated rings. The zero-order valence-corrected chi connectivity index (χ0v) is 10.4. The summed E-state index contributed by atoms with van der Waals surface area (Å²) < 4.78 is 0. The molecule has 0 atom stereocenters. The van der Waals surface area contributed by atoms with Crippen LogP contribution >= 0.6 is 11.6 Å². The van der Waals surface area contributed by atoms with Gasteiger partial charge in [0.2, 0.25) is 5.91 Å². The lowest BCUT2D eigenvalue weighted by molar-refractivity contribution is -0.124. The van der Waals surface area contributed by atoms with E-state index in [1.807, 2.05) is 12.1 Å². The predicted molar refractivity (Wildman–Crippen MR) is 68.4 cm³/mol. The summed E-state index contributed by atoms with van der Waals surface area (Å²) in [5, 5.41) is 15.0. The molecule has 0 spiro atoms. The molecule has 0 aliphatic heterocycles.